The first-order valence-corrected chi connectivity index (χ1v) is 9.87. The van der Waals surface area contributed by atoms with Crippen LogP contribution in [0.3, 0.4) is 0 Å². The van der Waals surface area contributed by atoms with Crippen LogP contribution in [0.4, 0.5) is 11.4 Å². The molecule has 0 saturated carbocycles. The molecule has 6 N–H and O–H groups in total. The van der Waals surface area contributed by atoms with Crippen molar-refractivity contribution in [3.63, 3.8) is 0 Å². The van der Waals surface area contributed by atoms with Crippen molar-refractivity contribution in [2.75, 3.05) is 12.4 Å². The molecule has 0 fully saturated rings. The fourth-order valence-corrected chi connectivity index (χ4v) is 3.25. The van der Waals surface area contributed by atoms with Crippen molar-refractivity contribution >= 4 is 51.7 Å². The average Bonchev–Trinajstić information content (AvgIpc) is 2.85. The number of nitro benzene ring substituents is 1. The third kappa shape index (κ3) is 4.89. The van der Waals surface area contributed by atoms with Gasteiger partial charge >= 0.3 is 5.97 Å². The number of H-pyrrole nitrogens is 1. The van der Waals surface area contributed by atoms with Crippen LogP contribution in [0.25, 0.3) is 11.0 Å². The molecule has 0 bridgehead atoms. The van der Waals surface area contributed by atoms with Gasteiger partial charge in [0.1, 0.15) is 17.3 Å². The topological polar surface area (TPSA) is 243 Å². The Morgan fingerprint density at radius 1 is 1.19 bits per heavy atom. The summed E-state index contributed by atoms with van der Waals surface area (Å²) in [7, 11) is 0.900. The van der Waals surface area contributed by atoms with Gasteiger partial charge < -0.3 is 26.6 Å². The molecule has 0 aliphatic heterocycles. The summed E-state index contributed by atoms with van der Waals surface area (Å²) >= 11 is 0. The number of ether oxygens (including phenoxy) is 1. The number of aromatic nitrogens is 2. The number of non-ortho nitro benzene ring substituents is 1. The van der Waals surface area contributed by atoms with Crippen LogP contribution in [0.1, 0.15) is 22.0 Å². The molecule has 0 unspecified atom stereocenters. The summed E-state index contributed by atoms with van der Waals surface area (Å²) in [5, 5.41) is 16.6. The molecule has 1 aromatic heterocycles. The first kappa shape index (κ1) is 25.2. The third-order valence-corrected chi connectivity index (χ3v) is 4.92. The van der Waals surface area contributed by atoms with Crippen LogP contribution >= 0.6 is 0 Å². The van der Waals surface area contributed by atoms with Crippen molar-refractivity contribution in [1.29, 1.82) is 0 Å². The summed E-state index contributed by atoms with van der Waals surface area (Å²) in [6, 6.07) is 8.94. The van der Waals surface area contributed by atoms with Crippen LogP contribution in [0.2, 0.25) is 0 Å². The Hall–Kier alpha value is -5.47. The Bertz CT molecular complexity index is 1510. The molecule has 3 aromatic rings. The Kier molecular flexibility index (Phi) is 7.13. The number of carbonyl (C=O) groups excluding carboxylic acids is 4. The number of anilines is 1. The van der Waals surface area contributed by atoms with Crippen LogP contribution in [-0.4, -0.2) is 51.3 Å². The van der Waals surface area contributed by atoms with E-state index in [0.717, 1.165) is 19.2 Å². The lowest BCUT2D eigenvalue weighted by molar-refractivity contribution is -0.384. The van der Waals surface area contributed by atoms with Crippen LogP contribution in [0.5, 0.6) is 0 Å². The molecular weight excluding hydrogens is 478 g/mol. The maximum atomic E-state index is 13.0. The first-order valence-electron chi connectivity index (χ1n) is 9.87. The van der Waals surface area contributed by atoms with E-state index in [1.165, 1.54) is 30.3 Å². The minimum atomic E-state index is -2.04. The second-order valence-corrected chi connectivity index (χ2v) is 7.08. The molecule has 3 rings (SSSR count). The Labute approximate surface area is 200 Å². The van der Waals surface area contributed by atoms with Crippen molar-refractivity contribution in [1.82, 2.24) is 9.97 Å². The number of nitrogens with one attached hydrogen (secondary N) is 2. The predicted octanol–water partition coefficient (Wildman–Crippen LogP) is -0.291. The van der Waals surface area contributed by atoms with Crippen LogP contribution in [0, 0.1) is 10.1 Å². The van der Waals surface area contributed by atoms with Crippen molar-refractivity contribution in [2.45, 2.75) is 5.92 Å². The van der Waals surface area contributed by atoms with E-state index in [1.54, 1.807) is 0 Å². The van der Waals surface area contributed by atoms with Gasteiger partial charge in [-0.15, -0.1) is 0 Å². The zero-order valence-corrected chi connectivity index (χ0v) is 18.4. The van der Waals surface area contributed by atoms with Gasteiger partial charge in [-0.3, -0.25) is 29.3 Å². The maximum absolute atomic E-state index is 13.0. The number of para-hydroxylation sites is 1. The van der Waals surface area contributed by atoms with Crippen molar-refractivity contribution in [3.8, 4) is 0 Å². The molecule has 0 radical (unpaired) electrons. The molecule has 1 heterocycles. The van der Waals surface area contributed by atoms with E-state index in [-0.39, 0.29) is 28.0 Å². The molecule has 0 saturated heterocycles. The summed E-state index contributed by atoms with van der Waals surface area (Å²) in [5.41, 5.74) is 2.23. The molecular formula is C21H17N7O8. The summed E-state index contributed by atoms with van der Waals surface area (Å²) in [5.74, 6) is -1.53. The number of hydrogen-bond acceptors (Lipinski definition) is 11. The van der Waals surface area contributed by atoms with E-state index >= 15 is 0 Å². The van der Waals surface area contributed by atoms with Crippen molar-refractivity contribution < 1.29 is 28.8 Å². The molecule has 2 aromatic carbocycles. The van der Waals surface area contributed by atoms with E-state index < -0.39 is 51.4 Å². The van der Waals surface area contributed by atoms with Gasteiger partial charge in [-0.1, -0.05) is 12.1 Å². The molecule has 0 aliphatic rings. The summed E-state index contributed by atoms with van der Waals surface area (Å²) < 4.78 is 4.43. The number of amides is 2. The van der Waals surface area contributed by atoms with Gasteiger partial charge in [0.2, 0.25) is 0 Å². The number of hydrogen-bond donors (Lipinski definition) is 4. The number of Topliss-reactive ketones (excluding diaryl/α,β-unsaturated/α-hetero) is 1. The average molecular weight is 495 g/mol. The lowest BCUT2D eigenvalue weighted by Crippen LogP contribution is -2.40. The smallest absolute Gasteiger partial charge is 0.375 e. The van der Waals surface area contributed by atoms with E-state index in [4.69, 9.17) is 11.6 Å². The molecule has 36 heavy (non-hydrogen) atoms. The fraction of sp³-hybridized carbons (Fsp3) is 0.0952. The lowest BCUT2D eigenvalue weighted by atomic mass is 9.93. The van der Waals surface area contributed by atoms with E-state index in [1.807, 2.05) is 0 Å². The van der Waals surface area contributed by atoms with Gasteiger partial charge in [-0.25, -0.2) is 9.78 Å². The summed E-state index contributed by atoms with van der Waals surface area (Å²) in [6.07, 6.45) is 0. The SMILES string of the molecule is COC(=O)C(=O)[C@H](/C(=N/N)C(=O)Nc1ccccc1C(N)=O)c1nc2ccc([N+](=O)[O-])cc2[nH]c1=O. The monoisotopic (exact) mass is 495 g/mol. The standard InChI is InChI=1S/C21H17N7O8/c1-36-21(33)17(29)14(15-19(31)26-13-8-9(28(34)35)6-7-12(13)24-15)16(27-23)20(32)25-11-5-3-2-4-10(11)18(22)30/h2-8,14H,23H2,1H3,(H2,22,30)(H,25,32)(H,26,31)/b27-16-/t14-/m0/s1. The van der Waals surface area contributed by atoms with Gasteiger partial charge in [-0.2, -0.15) is 5.10 Å². The minimum absolute atomic E-state index is 0.00582. The van der Waals surface area contributed by atoms with Crippen LogP contribution < -0.4 is 22.5 Å². The molecule has 2 amide bonds. The highest BCUT2D eigenvalue weighted by atomic mass is 16.6. The second-order valence-electron chi connectivity index (χ2n) is 7.08. The number of fused-ring (bicyclic) bond motifs is 1. The molecule has 15 heteroatoms. The quantitative estimate of drug-likeness (QED) is 0.0794. The summed E-state index contributed by atoms with van der Waals surface area (Å²) in [6.45, 7) is 0. The number of rotatable bonds is 8. The van der Waals surface area contributed by atoms with Gasteiger partial charge in [0.05, 0.1) is 34.3 Å². The number of methoxy groups -OCH3 is 1. The Morgan fingerprint density at radius 2 is 1.89 bits per heavy atom. The van der Waals surface area contributed by atoms with E-state index in [2.05, 4.69) is 25.1 Å². The number of nitrogens with zero attached hydrogens (tertiary/aromatic N) is 3. The lowest BCUT2D eigenvalue weighted by Gasteiger charge is -2.16. The number of primary amides is 1. The second kappa shape index (κ2) is 10.2. The number of carbonyl (C=O) groups is 4. The maximum Gasteiger partial charge on any atom is 0.375 e. The zero-order valence-electron chi connectivity index (χ0n) is 18.4. The molecule has 184 valence electrons. The fourth-order valence-electron chi connectivity index (χ4n) is 3.25. The molecule has 0 spiro atoms. The highest BCUT2D eigenvalue weighted by Crippen LogP contribution is 2.22. The first-order chi connectivity index (χ1) is 17.1. The zero-order chi connectivity index (χ0) is 26.6. The number of nitrogens with two attached hydrogens (primary N) is 2. The number of benzene rings is 2. The highest BCUT2D eigenvalue weighted by Gasteiger charge is 2.39. The van der Waals surface area contributed by atoms with E-state index in [9.17, 15) is 34.1 Å². The highest BCUT2D eigenvalue weighted by molar-refractivity contribution is 6.54. The van der Waals surface area contributed by atoms with Gasteiger partial charge in [-0.05, 0) is 18.2 Å². The van der Waals surface area contributed by atoms with Gasteiger partial charge in [0.15, 0.2) is 0 Å². The largest absolute Gasteiger partial charge is 0.463 e. The Morgan fingerprint density at radius 3 is 2.50 bits per heavy atom. The third-order valence-electron chi connectivity index (χ3n) is 4.92. The van der Waals surface area contributed by atoms with Crippen molar-refractivity contribution in [3.05, 3.63) is 74.2 Å². The van der Waals surface area contributed by atoms with Gasteiger partial charge in [0, 0.05) is 12.1 Å². The number of nitro groups is 1. The number of ketones is 1. The summed E-state index contributed by atoms with van der Waals surface area (Å²) in [4.78, 5) is 79.2. The van der Waals surface area contributed by atoms with Crippen LogP contribution in [0.15, 0.2) is 52.4 Å². The minimum Gasteiger partial charge on any atom is -0.463 e. The van der Waals surface area contributed by atoms with Crippen molar-refractivity contribution in [2.24, 2.45) is 16.7 Å². The Balaban J connectivity index is 2.15. The number of hydrazone groups is 1. The number of esters is 1. The normalized spacial score (nSPS) is 12.0. The van der Waals surface area contributed by atoms with Crippen LogP contribution in [-0.2, 0) is 19.1 Å². The number of aromatic amines is 1. The molecule has 1 atom stereocenters. The molecule has 0 aliphatic carbocycles. The predicted molar refractivity (Wildman–Crippen MR) is 124 cm³/mol. The van der Waals surface area contributed by atoms with E-state index in [0.29, 0.717) is 0 Å². The van der Waals surface area contributed by atoms with Gasteiger partial charge in [0.25, 0.3) is 28.8 Å². The molecule has 15 nitrogen and oxygen atoms in total.